The molecule has 1 rings (SSSR count). The zero-order chi connectivity index (χ0) is 16.5. The van der Waals surface area contributed by atoms with Crippen molar-refractivity contribution >= 4 is 58.3 Å². The van der Waals surface area contributed by atoms with Gasteiger partial charge >= 0.3 is 11.9 Å². The Morgan fingerprint density at radius 3 is 1.50 bits per heavy atom. The van der Waals surface area contributed by atoms with Gasteiger partial charge in [-0.15, -0.1) is 46.4 Å². The van der Waals surface area contributed by atoms with Crippen LogP contribution in [0.5, 0.6) is 0 Å². The number of hydrogen-bond acceptors (Lipinski definition) is 4. The van der Waals surface area contributed by atoms with Crippen LogP contribution in [0.2, 0.25) is 0 Å². The average Bonchev–Trinajstić information content (AvgIpc) is 2.46. The first-order valence-electron chi connectivity index (χ1n) is 5.82. The van der Waals surface area contributed by atoms with Gasteiger partial charge in [0.2, 0.25) is 0 Å². The molecule has 0 atom stereocenters. The molecule has 0 saturated carbocycles. The average molecular weight is 384 g/mol. The van der Waals surface area contributed by atoms with E-state index in [0.29, 0.717) is 0 Å². The lowest BCUT2D eigenvalue weighted by Gasteiger charge is -2.06. The molecular formula is C14H10Cl4O4. The summed E-state index contributed by atoms with van der Waals surface area (Å²) < 4.78 is 9.63. The third-order valence-electron chi connectivity index (χ3n) is 2.17. The standard InChI is InChI=1S/C14H10Cl4O4/c15-11(16)5-7-21-13(19)9-3-1-2-4-10(9)14(20)22-8-6-12(17)18/h1-8,11-12H. The quantitative estimate of drug-likeness (QED) is 0.408. The largest absolute Gasteiger partial charge is 0.431 e. The van der Waals surface area contributed by atoms with Crippen LogP contribution < -0.4 is 0 Å². The second kappa shape index (κ2) is 9.74. The van der Waals surface area contributed by atoms with Crippen molar-refractivity contribution in [3.8, 4) is 0 Å². The number of allylic oxidation sites excluding steroid dienone is 2. The predicted octanol–water partition coefficient (Wildman–Crippen LogP) is 4.64. The van der Waals surface area contributed by atoms with Crippen LogP contribution in [0.25, 0.3) is 0 Å². The van der Waals surface area contributed by atoms with E-state index in [9.17, 15) is 9.59 Å². The number of hydrogen-bond donors (Lipinski definition) is 0. The number of ether oxygens (including phenoxy) is 2. The SMILES string of the molecule is O=C(OC=CC(Cl)Cl)c1ccccc1C(=O)OC=CC(Cl)Cl. The predicted molar refractivity (Wildman–Crippen MR) is 86.5 cm³/mol. The highest BCUT2D eigenvalue weighted by Gasteiger charge is 2.18. The Labute approximate surface area is 147 Å². The van der Waals surface area contributed by atoms with Crippen LogP contribution in [0.15, 0.2) is 48.9 Å². The molecule has 0 fully saturated rings. The first-order chi connectivity index (χ1) is 10.4. The van der Waals surface area contributed by atoms with Crippen molar-refractivity contribution in [1.82, 2.24) is 0 Å². The molecule has 0 heterocycles. The highest BCUT2D eigenvalue weighted by molar-refractivity contribution is 6.45. The first kappa shape index (κ1) is 18.8. The molecule has 0 amide bonds. The zero-order valence-corrected chi connectivity index (χ0v) is 13.9. The van der Waals surface area contributed by atoms with Crippen molar-refractivity contribution in [2.75, 3.05) is 0 Å². The van der Waals surface area contributed by atoms with Crippen LogP contribution in [0.3, 0.4) is 0 Å². The van der Waals surface area contributed by atoms with E-state index < -0.39 is 21.6 Å². The molecule has 0 saturated heterocycles. The molecule has 0 radical (unpaired) electrons. The maximum atomic E-state index is 11.9. The Morgan fingerprint density at radius 1 is 0.818 bits per heavy atom. The lowest BCUT2D eigenvalue weighted by molar-refractivity contribution is 0.0618. The molecule has 0 unspecified atom stereocenters. The molecule has 22 heavy (non-hydrogen) atoms. The minimum absolute atomic E-state index is 0.0274. The molecule has 1 aromatic rings. The van der Waals surface area contributed by atoms with E-state index >= 15 is 0 Å². The Balaban J connectivity index is 2.85. The molecule has 0 aliphatic heterocycles. The molecule has 8 heteroatoms. The maximum absolute atomic E-state index is 11.9. The van der Waals surface area contributed by atoms with Crippen molar-refractivity contribution in [2.24, 2.45) is 0 Å². The van der Waals surface area contributed by atoms with Crippen LogP contribution >= 0.6 is 46.4 Å². The molecule has 0 aromatic heterocycles. The Morgan fingerprint density at radius 2 is 1.18 bits per heavy atom. The van der Waals surface area contributed by atoms with Crippen molar-refractivity contribution in [3.05, 3.63) is 60.1 Å². The number of benzene rings is 1. The summed E-state index contributed by atoms with van der Waals surface area (Å²) in [5.74, 6) is -1.51. The molecule has 1 aromatic carbocycles. The number of rotatable bonds is 6. The van der Waals surface area contributed by atoms with Crippen LogP contribution in [-0.4, -0.2) is 21.6 Å². The van der Waals surface area contributed by atoms with Gasteiger partial charge in [-0.3, -0.25) is 0 Å². The van der Waals surface area contributed by atoms with Crippen LogP contribution in [0.4, 0.5) is 0 Å². The van der Waals surface area contributed by atoms with E-state index in [0.717, 1.165) is 12.5 Å². The summed E-state index contributed by atoms with van der Waals surface area (Å²) in [5, 5.41) is 0. The number of carbonyl (C=O) groups excluding carboxylic acids is 2. The lowest BCUT2D eigenvalue weighted by Crippen LogP contribution is -2.11. The maximum Gasteiger partial charge on any atom is 0.343 e. The minimum atomic E-state index is -0.808. The smallest absolute Gasteiger partial charge is 0.343 e. The second-order valence-electron chi connectivity index (χ2n) is 3.68. The fourth-order valence-corrected chi connectivity index (χ4v) is 1.52. The van der Waals surface area contributed by atoms with Crippen molar-refractivity contribution < 1.29 is 19.1 Å². The number of esters is 2. The van der Waals surface area contributed by atoms with E-state index in [1.165, 1.54) is 24.3 Å². The van der Waals surface area contributed by atoms with Gasteiger partial charge in [-0.2, -0.15) is 0 Å². The zero-order valence-electron chi connectivity index (χ0n) is 10.9. The van der Waals surface area contributed by atoms with E-state index in [4.69, 9.17) is 55.9 Å². The number of alkyl halides is 4. The summed E-state index contributed by atoms with van der Waals surface area (Å²) in [6, 6.07) is 5.99. The molecule has 0 spiro atoms. The van der Waals surface area contributed by atoms with Gasteiger partial charge in [0.1, 0.15) is 9.67 Å². The topological polar surface area (TPSA) is 52.6 Å². The van der Waals surface area contributed by atoms with E-state index in [1.807, 2.05) is 0 Å². The minimum Gasteiger partial charge on any atom is -0.431 e. The third kappa shape index (κ3) is 6.71. The highest BCUT2D eigenvalue weighted by atomic mass is 35.5. The normalized spacial score (nSPS) is 11.5. The van der Waals surface area contributed by atoms with Gasteiger partial charge in [0.05, 0.1) is 23.7 Å². The van der Waals surface area contributed by atoms with E-state index in [1.54, 1.807) is 12.1 Å². The first-order valence-corrected chi connectivity index (χ1v) is 7.57. The summed E-state index contributed by atoms with van der Waals surface area (Å²) >= 11 is 21.8. The highest BCUT2D eigenvalue weighted by Crippen LogP contribution is 2.13. The summed E-state index contributed by atoms with van der Waals surface area (Å²) in [6.45, 7) is 0. The number of halogens is 4. The Hall–Kier alpha value is -1.20. The molecule has 0 aliphatic rings. The Bertz CT molecular complexity index is 531. The van der Waals surface area contributed by atoms with Crippen molar-refractivity contribution in [1.29, 1.82) is 0 Å². The molecular weight excluding hydrogens is 374 g/mol. The van der Waals surface area contributed by atoms with Crippen LogP contribution in [0, 0.1) is 0 Å². The molecule has 0 bridgehead atoms. The Kier molecular flexibility index (Phi) is 8.35. The number of carbonyl (C=O) groups is 2. The van der Waals surface area contributed by atoms with Gasteiger partial charge in [0, 0.05) is 0 Å². The van der Waals surface area contributed by atoms with Crippen LogP contribution in [0.1, 0.15) is 20.7 Å². The monoisotopic (exact) mass is 382 g/mol. The van der Waals surface area contributed by atoms with Gasteiger partial charge in [0.25, 0.3) is 0 Å². The fraction of sp³-hybridized carbons (Fsp3) is 0.143. The summed E-state index contributed by atoms with van der Waals surface area (Å²) in [4.78, 5) is 22.2. The van der Waals surface area contributed by atoms with Gasteiger partial charge < -0.3 is 9.47 Å². The lowest BCUT2D eigenvalue weighted by atomic mass is 10.1. The van der Waals surface area contributed by atoms with E-state index in [-0.39, 0.29) is 11.1 Å². The molecule has 4 nitrogen and oxygen atoms in total. The summed E-state index contributed by atoms with van der Waals surface area (Å²) in [5.41, 5.74) is 0.0547. The molecule has 0 aliphatic carbocycles. The van der Waals surface area contributed by atoms with Crippen LogP contribution in [-0.2, 0) is 9.47 Å². The molecule has 118 valence electrons. The van der Waals surface area contributed by atoms with Gasteiger partial charge in [0.15, 0.2) is 0 Å². The van der Waals surface area contributed by atoms with Gasteiger partial charge in [-0.05, 0) is 24.3 Å². The fourth-order valence-electron chi connectivity index (χ4n) is 1.29. The van der Waals surface area contributed by atoms with Crippen molar-refractivity contribution in [2.45, 2.75) is 9.67 Å². The molecule has 0 N–H and O–H groups in total. The van der Waals surface area contributed by atoms with Gasteiger partial charge in [-0.25, -0.2) is 9.59 Å². The van der Waals surface area contributed by atoms with Crippen molar-refractivity contribution in [3.63, 3.8) is 0 Å². The third-order valence-corrected chi connectivity index (χ3v) is 2.75. The van der Waals surface area contributed by atoms with Gasteiger partial charge in [-0.1, -0.05) is 12.1 Å². The second-order valence-corrected chi connectivity index (χ2v) is 6.01. The summed E-state index contributed by atoms with van der Waals surface area (Å²) in [7, 11) is 0. The van der Waals surface area contributed by atoms with E-state index in [2.05, 4.69) is 0 Å². The summed E-state index contributed by atoms with van der Waals surface area (Å²) in [6.07, 6.45) is 4.60.